The molecule has 0 radical (unpaired) electrons. The van der Waals surface area contributed by atoms with E-state index in [0.29, 0.717) is 0 Å². The highest BCUT2D eigenvalue weighted by molar-refractivity contribution is 4.71. The predicted molar refractivity (Wildman–Crippen MR) is 45.8 cm³/mol. The molecule has 0 aliphatic carbocycles. The summed E-state index contributed by atoms with van der Waals surface area (Å²) >= 11 is 0. The van der Waals surface area contributed by atoms with Gasteiger partial charge in [0.25, 0.3) is 0 Å². The molecule has 1 unspecified atom stereocenters. The summed E-state index contributed by atoms with van der Waals surface area (Å²) in [5.41, 5.74) is 0. The van der Waals surface area contributed by atoms with Crippen LogP contribution in [-0.4, -0.2) is 29.7 Å². The molecule has 0 bridgehead atoms. The molecule has 1 aliphatic rings. The fraction of sp³-hybridized carbons (Fsp3) is 1.00. The third kappa shape index (κ3) is 2.73. The minimum absolute atomic E-state index is 0.0949. The number of hydrogen-bond donors (Lipinski definition) is 1. The maximum Gasteiger partial charge on any atom is 0.158 e. The Hall–Kier alpha value is -0.120. The van der Waals surface area contributed by atoms with Crippen LogP contribution in [0.1, 0.15) is 33.6 Å². The smallest absolute Gasteiger partial charge is 0.158 e. The predicted octanol–water partition coefficient (Wildman–Crippen LogP) is 1.30. The fourth-order valence-electron chi connectivity index (χ4n) is 1.34. The van der Waals surface area contributed by atoms with Crippen molar-refractivity contribution in [3.05, 3.63) is 0 Å². The van der Waals surface area contributed by atoms with Gasteiger partial charge < -0.3 is 14.6 Å². The molecular formula is C9H18O3. The molecule has 12 heavy (non-hydrogen) atoms. The zero-order valence-corrected chi connectivity index (χ0v) is 7.99. The van der Waals surface area contributed by atoms with Gasteiger partial charge in [0.1, 0.15) is 0 Å². The maximum atomic E-state index is 9.35. The van der Waals surface area contributed by atoms with E-state index in [-0.39, 0.29) is 24.6 Å². The third-order valence-electron chi connectivity index (χ3n) is 2.03. The summed E-state index contributed by atoms with van der Waals surface area (Å²) in [7, 11) is 0. The Kier molecular flexibility index (Phi) is 3.50. The van der Waals surface area contributed by atoms with Crippen molar-refractivity contribution in [3.8, 4) is 0 Å². The summed E-state index contributed by atoms with van der Waals surface area (Å²) < 4.78 is 10.9. The summed E-state index contributed by atoms with van der Waals surface area (Å²) in [5, 5.41) is 9.35. The highest BCUT2D eigenvalue weighted by atomic mass is 16.7. The van der Waals surface area contributed by atoms with Crippen molar-refractivity contribution < 1.29 is 14.6 Å². The first-order chi connectivity index (χ1) is 5.59. The Morgan fingerprint density at radius 1 is 1.42 bits per heavy atom. The number of rotatable bonds is 2. The van der Waals surface area contributed by atoms with E-state index in [4.69, 9.17) is 9.47 Å². The van der Waals surface area contributed by atoms with Crippen LogP contribution in [0.15, 0.2) is 0 Å². The van der Waals surface area contributed by atoms with E-state index < -0.39 is 0 Å². The number of aliphatic hydroxyl groups is 1. The molecule has 0 spiro atoms. The molecule has 72 valence electrons. The first-order valence-corrected chi connectivity index (χ1v) is 4.58. The Labute approximate surface area is 73.7 Å². The second kappa shape index (κ2) is 4.21. The average Bonchev–Trinajstić information content (AvgIpc) is 1.96. The standard InChI is InChI=1S/C9H18O3/c1-6(2)11-9-5-4-8(10)7(3)12-9/h6-10H,4-5H2,1-3H3/t7-,8+,9?/m1/s1. The van der Waals surface area contributed by atoms with Crippen LogP contribution in [0.2, 0.25) is 0 Å². The number of aliphatic hydroxyl groups excluding tert-OH is 1. The molecule has 1 N–H and O–H groups in total. The Bertz CT molecular complexity index is 136. The van der Waals surface area contributed by atoms with Crippen LogP contribution in [0.5, 0.6) is 0 Å². The van der Waals surface area contributed by atoms with Gasteiger partial charge in [-0.2, -0.15) is 0 Å². The van der Waals surface area contributed by atoms with E-state index in [1.165, 1.54) is 0 Å². The molecule has 1 fully saturated rings. The van der Waals surface area contributed by atoms with Crippen molar-refractivity contribution in [1.82, 2.24) is 0 Å². The van der Waals surface area contributed by atoms with Crippen LogP contribution in [0, 0.1) is 0 Å². The van der Waals surface area contributed by atoms with Gasteiger partial charge in [-0.1, -0.05) is 0 Å². The minimum Gasteiger partial charge on any atom is -0.390 e. The van der Waals surface area contributed by atoms with E-state index in [1.807, 2.05) is 20.8 Å². The second-order valence-electron chi connectivity index (χ2n) is 3.60. The molecule has 0 aromatic heterocycles. The van der Waals surface area contributed by atoms with Crippen molar-refractivity contribution in [2.45, 2.75) is 58.2 Å². The van der Waals surface area contributed by atoms with E-state index in [0.717, 1.165) is 12.8 Å². The van der Waals surface area contributed by atoms with Crippen LogP contribution in [0.25, 0.3) is 0 Å². The monoisotopic (exact) mass is 174 g/mol. The molecule has 1 saturated heterocycles. The Morgan fingerprint density at radius 3 is 2.58 bits per heavy atom. The number of ether oxygens (including phenoxy) is 2. The fourth-order valence-corrected chi connectivity index (χ4v) is 1.34. The summed E-state index contributed by atoms with van der Waals surface area (Å²) in [5.74, 6) is 0. The molecule has 3 atom stereocenters. The Morgan fingerprint density at radius 2 is 2.08 bits per heavy atom. The maximum absolute atomic E-state index is 9.35. The molecule has 1 rings (SSSR count). The van der Waals surface area contributed by atoms with Gasteiger partial charge in [0, 0.05) is 6.42 Å². The Balaban J connectivity index is 2.30. The van der Waals surface area contributed by atoms with Crippen molar-refractivity contribution in [2.24, 2.45) is 0 Å². The quantitative estimate of drug-likeness (QED) is 0.685. The molecule has 1 aliphatic heterocycles. The lowest BCUT2D eigenvalue weighted by Gasteiger charge is -2.32. The van der Waals surface area contributed by atoms with Gasteiger partial charge in [-0.3, -0.25) is 0 Å². The topological polar surface area (TPSA) is 38.7 Å². The molecule has 0 saturated carbocycles. The van der Waals surface area contributed by atoms with E-state index >= 15 is 0 Å². The third-order valence-corrected chi connectivity index (χ3v) is 2.03. The largest absolute Gasteiger partial charge is 0.390 e. The lowest BCUT2D eigenvalue weighted by atomic mass is 10.1. The van der Waals surface area contributed by atoms with Gasteiger partial charge in [0.15, 0.2) is 6.29 Å². The molecule has 3 heteroatoms. The van der Waals surface area contributed by atoms with Crippen molar-refractivity contribution in [1.29, 1.82) is 0 Å². The first kappa shape index (κ1) is 9.96. The van der Waals surface area contributed by atoms with E-state index in [9.17, 15) is 5.11 Å². The molecule has 0 aromatic rings. The summed E-state index contributed by atoms with van der Waals surface area (Å²) in [4.78, 5) is 0. The zero-order valence-electron chi connectivity index (χ0n) is 7.99. The molecule has 1 heterocycles. The van der Waals surface area contributed by atoms with Crippen LogP contribution in [-0.2, 0) is 9.47 Å². The van der Waals surface area contributed by atoms with Gasteiger partial charge in [-0.25, -0.2) is 0 Å². The van der Waals surface area contributed by atoms with Crippen molar-refractivity contribution >= 4 is 0 Å². The van der Waals surface area contributed by atoms with Crippen LogP contribution in [0.4, 0.5) is 0 Å². The van der Waals surface area contributed by atoms with Crippen molar-refractivity contribution in [3.63, 3.8) is 0 Å². The summed E-state index contributed by atoms with van der Waals surface area (Å²) in [6.07, 6.45) is 1.22. The molecule has 3 nitrogen and oxygen atoms in total. The van der Waals surface area contributed by atoms with E-state index in [1.54, 1.807) is 0 Å². The van der Waals surface area contributed by atoms with Gasteiger partial charge in [0.05, 0.1) is 18.3 Å². The normalized spacial score (nSPS) is 37.2. The minimum atomic E-state index is -0.322. The van der Waals surface area contributed by atoms with Crippen molar-refractivity contribution in [2.75, 3.05) is 0 Å². The molecule has 0 amide bonds. The van der Waals surface area contributed by atoms with Gasteiger partial charge in [-0.05, 0) is 27.2 Å². The lowest BCUT2D eigenvalue weighted by Crippen LogP contribution is -2.38. The van der Waals surface area contributed by atoms with Crippen LogP contribution in [0.3, 0.4) is 0 Å². The second-order valence-corrected chi connectivity index (χ2v) is 3.60. The van der Waals surface area contributed by atoms with Gasteiger partial charge in [-0.15, -0.1) is 0 Å². The van der Waals surface area contributed by atoms with Crippen LogP contribution >= 0.6 is 0 Å². The molecule has 0 aromatic carbocycles. The first-order valence-electron chi connectivity index (χ1n) is 4.58. The summed E-state index contributed by atoms with van der Waals surface area (Å²) in [6.45, 7) is 5.85. The van der Waals surface area contributed by atoms with Gasteiger partial charge >= 0.3 is 0 Å². The lowest BCUT2D eigenvalue weighted by molar-refractivity contribution is -0.229. The molecular weight excluding hydrogens is 156 g/mol. The SMILES string of the molecule is CC(C)OC1CC[C@H](O)[C@@H](C)O1. The highest BCUT2D eigenvalue weighted by Crippen LogP contribution is 2.20. The van der Waals surface area contributed by atoms with E-state index in [2.05, 4.69) is 0 Å². The average molecular weight is 174 g/mol. The number of hydrogen-bond acceptors (Lipinski definition) is 3. The zero-order chi connectivity index (χ0) is 9.14. The highest BCUT2D eigenvalue weighted by Gasteiger charge is 2.27. The van der Waals surface area contributed by atoms with Gasteiger partial charge in [0.2, 0.25) is 0 Å². The van der Waals surface area contributed by atoms with Crippen LogP contribution < -0.4 is 0 Å². The summed E-state index contributed by atoms with van der Waals surface area (Å²) in [6, 6.07) is 0.